The Morgan fingerprint density at radius 1 is 0.747 bits per heavy atom. The zero-order chi connectivity index (χ0) is 60.5. The second kappa shape index (κ2) is 19.2. The van der Waals surface area contributed by atoms with Crippen LogP contribution in [0.2, 0.25) is 0 Å². The van der Waals surface area contributed by atoms with Gasteiger partial charge < -0.3 is 25.2 Å². The van der Waals surface area contributed by atoms with Crippen LogP contribution in [0.15, 0.2) is 88.1 Å². The summed E-state index contributed by atoms with van der Waals surface area (Å²) in [5, 5.41) is 14.9. The van der Waals surface area contributed by atoms with Crippen LogP contribution in [0.1, 0.15) is 241 Å². The van der Waals surface area contributed by atoms with Gasteiger partial charge in [-0.05, 0) is 283 Å². The van der Waals surface area contributed by atoms with Crippen molar-refractivity contribution in [3.8, 4) is 0 Å². The van der Waals surface area contributed by atoms with Gasteiger partial charge >= 0.3 is 11.9 Å². The number of aliphatic hydroxyl groups is 1. The Morgan fingerprint density at radius 2 is 1.59 bits per heavy atom. The number of carbonyl (C=O) groups is 2. The average molecular weight is 1230 g/mol. The number of rotatable bonds is 4. The molecule has 1 aromatic carbocycles. The summed E-state index contributed by atoms with van der Waals surface area (Å²) in [6.45, 7) is 8.02. The van der Waals surface area contributed by atoms with Gasteiger partial charge in [0, 0.05) is 66.1 Å². The van der Waals surface area contributed by atoms with Gasteiger partial charge in [0.1, 0.15) is 11.2 Å². The van der Waals surface area contributed by atoms with Crippen molar-refractivity contribution < 1.29 is 24.2 Å². The minimum Gasteiger partial charge on any atom is -0.508 e. The molecule has 23 unspecified atom stereocenters. The van der Waals surface area contributed by atoms with Crippen LogP contribution in [0.3, 0.4) is 0 Å². The van der Waals surface area contributed by atoms with E-state index in [1.807, 2.05) is 0 Å². The van der Waals surface area contributed by atoms with Crippen molar-refractivity contribution >= 4 is 11.9 Å². The molecule has 7 spiro atoms. The molecule has 3 N–H and O–H groups in total. The first-order chi connectivity index (χ1) is 44.4. The molecule has 1 aromatic rings. The lowest BCUT2D eigenvalue weighted by Crippen LogP contribution is -2.78. The molecule has 484 valence electrons. The zero-order valence-corrected chi connectivity index (χ0v) is 55.5. The summed E-state index contributed by atoms with van der Waals surface area (Å²) >= 11 is 0. The van der Waals surface area contributed by atoms with Gasteiger partial charge in [0.15, 0.2) is 11.4 Å². The lowest BCUT2D eigenvalue weighted by molar-refractivity contribution is -0.283. The van der Waals surface area contributed by atoms with Gasteiger partial charge in [-0.15, -0.1) is 0 Å². The van der Waals surface area contributed by atoms with Gasteiger partial charge in [0.25, 0.3) is 0 Å². The molecule has 13 aliphatic carbocycles. The fraction of sp³-hybridized carbons (Fsp3) is 0.759. The summed E-state index contributed by atoms with van der Waals surface area (Å²) in [4.78, 5) is 40.0. The minimum absolute atomic E-state index is 0.0445. The maximum Gasteiger partial charge on any atom is 0.339 e. The van der Waals surface area contributed by atoms with Gasteiger partial charge in [0.2, 0.25) is 0 Å². The third-order valence-corrected chi connectivity index (χ3v) is 34.4. The molecular weight excluding hydrogens is 1120 g/mol. The molecule has 91 heavy (non-hydrogen) atoms. The summed E-state index contributed by atoms with van der Waals surface area (Å²) in [5.41, 5.74) is 15.2. The summed E-state index contributed by atoms with van der Waals surface area (Å²) in [6.07, 6.45) is 53.6. The number of piperidine rings is 3. The standard InChI is InChI=1S/C83H107N3O5/c1-47-12-7-14-50-38-54-40-61-48(2)37-52-19-22-65-55-39-56-46-86(65)72(52)69(61)59-25-34-81-74(73(87)60-20-23-66(56)85(45-55)71(60)57-43-79(29-5-6-30-79)80(44-57)32-11-31-78(80)27-3-4-28-78)90-76(89)82(81,70(54)59)67(83(81)64-17-8-13-49(16-10-35-84)68(64)75(88)91-83)41-62(50)53-15-9-26-77(42-53)33-24-58-51(36-47)18-21-63(58)77/h7-8,13-14,17-18,21,38,47-48,51,53-58,60-63,65-67,69,71,87H,3-6,9-12,15-16,19-20,22-37,39-46,84H2,1-2H3. The van der Waals surface area contributed by atoms with Gasteiger partial charge in [-0.3, -0.25) is 9.69 Å². The number of carbonyl (C=O) groups excluding carboxylic acids is 2. The highest BCUT2D eigenvalue weighted by Gasteiger charge is 2.94. The number of hydrogen-bond acceptors (Lipinski definition) is 8. The zero-order valence-electron chi connectivity index (χ0n) is 55.5. The first kappa shape index (κ1) is 56.3. The van der Waals surface area contributed by atoms with Gasteiger partial charge in [-0.25, -0.2) is 4.79 Å². The van der Waals surface area contributed by atoms with Crippen LogP contribution in [-0.4, -0.2) is 64.6 Å². The predicted molar refractivity (Wildman–Crippen MR) is 353 cm³/mol. The molecule has 12 bridgehead atoms. The lowest BCUT2D eigenvalue weighted by atomic mass is 9.27. The number of esters is 2. The second-order valence-corrected chi connectivity index (χ2v) is 36.8. The van der Waals surface area contributed by atoms with Gasteiger partial charge in [-0.2, -0.15) is 0 Å². The topological polar surface area (TPSA) is 105 Å². The maximum atomic E-state index is 17.6. The molecule has 8 heteroatoms. The number of fused-ring (bicyclic) bond motifs is 13. The van der Waals surface area contributed by atoms with E-state index in [4.69, 9.17) is 15.2 Å². The minimum atomic E-state index is -1.20. The Kier molecular flexibility index (Phi) is 11.9. The van der Waals surface area contributed by atoms with Gasteiger partial charge in [-0.1, -0.05) is 112 Å². The van der Waals surface area contributed by atoms with Gasteiger partial charge in [0.05, 0.1) is 11.0 Å². The summed E-state index contributed by atoms with van der Waals surface area (Å²) in [7, 11) is 0. The van der Waals surface area contributed by atoms with Crippen LogP contribution < -0.4 is 5.73 Å². The number of allylic oxidation sites excluding steroid dienone is 8. The molecule has 7 aliphatic heterocycles. The van der Waals surface area contributed by atoms with E-state index in [9.17, 15) is 5.11 Å². The number of nitrogens with two attached hydrogens (primary N) is 1. The number of nitrogens with zero attached hydrogens (tertiary/aromatic N) is 2. The van der Waals surface area contributed by atoms with Crippen LogP contribution in [0.4, 0.5) is 0 Å². The van der Waals surface area contributed by atoms with Crippen molar-refractivity contribution in [3.63, 3.8) is 0 Å². The molecular formula is C83H107N3O5. The smallest absolute Gasteiger partial charge is 0.339 e. The Morgan fingerprint density at radius 3 is 2.46 bits per heavy atom. The molecule has 7 saturated carbocycles. The molecule has 0 aromatic heterocycles. The van der Waals surface area contributed by atoms with Crippen molar-refractivity contribution in [2.45, 2.75) is 249 Å². The van der Waals surface area contributed by atoms with E-state index in [1.54, 1.807) is 16.8 Å². The van der Waals surface area contributed by atoms with Crippen molar-refractivity contribution in [1.82, 2.24) is 9.80 Å². The SMILES string of the molecule is CC1CC=CC2=CC3CC4C(C)CC5=C6C4C4=C3C37C(=O)OC(=C(O)C8CCC9C%10CC(CN9C8C8CC9(CCCC9)C9(CCCC9%11CCCC%11)C8)C(CC5)N6C%10)C3(CC4)C3(OC(=O)c4c(CCCN)cccc43)C7CC2C2CCCC3(CCC4C(C=CC43)C1)C2. The third-order valence-electron chi connectivity index (χ3n) is 34.4. The quantitative estimate of drug-likeness (QED) is 0.227. The van der Waals surface area contributed by atoms with Crippen LogP contribution in [0, 0.1) is 121 Å². The lowest BCUT2D eigenvalue weighted by Gasteiger charge is -2.73. The van der Waals surface area contributed by atoms with E-state index in [1.165, 1.54) is 172 Å². The Bertz CT molecular complexity index is 3530. The van der Waals surface area contributed by atoms with Crippen molar-refractivity contribution in [2.24, 2.45) is 127 Å². The van der Waals surface area contributed by atoms with Crippen LogP contribution in [0.5, 0.6) is 0 Å². The summed E-state index contributed by atoms with van der Waals surface area (Å²) in [6, 6.07) is 7.90. The first-order valence-corrected chi connectivity index (χ1v) is 39.2. The van der Waals surface area contributed by atoms with E-state index in [0.717, 1.165) is 74.1 Å². The summed E-state index contributed by atoms with van der Waals surface area (Å²) < 4.78 is 15.6. The Hall–Kier alpha value is -3.88. The second-order valence-electron chi connectivity index (χ2n) is 36.8. The Labute approximate surface area is 543 Å². The number of hydrogen-bond donors (Lipinski definition) is 2. The van der Waals surface area contributed by atoms with Crippen molar-refractivity contribution in [3.05, 3.63) is 105 Å². The largest absolute Gasteiger partial charge is 0.508 e. The monoisotopic (exact) mass is 1230 g/mol. The number of aliphatic hydroxyl groups excluding tert-OH is 1. The third kappa shape index (κ3) is 6.68. The Balaban J connectivity index is 0.830. The van der Waals surface area contributed by atoms with E-state index in [2.05, 4.69) is 72.2 Å². The molecule has 0 amide bonds. The predicted octanol–water partition coefficient (Wildman–Crippen LogP) is 17.1. The van der Waals surface area contributed by atoms with Crippen LogP contribution in [0.25, 0.3) is 0 Å². The fourth-order valence-electron chi connectivity index (χ4n) is 32.1. The maximum absolute atomic E-state index is 17.6. The highest BCUT2D eigenvalue weighted by molar-refractivity contribution is 6.00. The number of ether oxygens (including phenoxy) is 2. The molecule has 8 nitrogen and oxygen atoms in total. The van der Waals surface area contributed by atoms with Crippen LogP contribution in [-0.2, 0) is 26.3 Å². The first-order valence-electron chi connectivity index (χ1n) is 39.2. The van der Waals surface area contributed by atoms with E-state index < -0.39 is 16.4 Å². The number of aryl methyl sites for hydroxylation is 1. The van der Waals surface area contributed by atoms with E-state index in [-0.39, 0.29) is 47.6 Å². The van der Waals surface area contributed by atoms with Crippen molar-refractivity contribution in [1.29, 1.82) is 0 Å². The van der Waals surface area contributed by atoms with Crippen LogP contribution >= 0.6 is 0 Å². The number of benzene rings is 1. The van der Waals surface area contributed by atoms with E-state index >= 15 is 9.59 Å². The molecule has 20 aliphatic rings. The normalized spacial score (nSPS) is 49.9. The highest BCUT2D eigenvalue weighted by Crippen LogP contribution is 2.89. The highest BCUT2D eigenvalue weighted by atomic mass is 16.6. The molecule has 4 saturated heterocycles. The fourth-order valence-corrected chi connectivity index (χ4v) is 32.1. The molecule has 7 heterocycles. The molecule has 21 rings (SSSR count). The summed E-state index contributed by atoms with van der Waals surface area (Å²) in [5.74, 6) is 6.50. The average Bonchev–Trinajstić information content (AvgIpc) is 1.52. The van der Waals surface area contributed by atoms with Crippen molar-refractivity contribution in [2.75, 3.05) is 19.6 Å². The molecule has 0 radical (unpaired) electrons. The molecule has 23 atom stereocenters. The van der Waals surface area contributed by atoms with E-state index in [0.29, 0.717) is 118 Å². The molecule has 11 fully saturated rings.